The molecular weight excluding hydrogens is 349 g/mol. The largest absolute Gasteiger partial charge is 0.372 e. The van der Waals surface area contributed by atoms with Crippen LogP contribution in [0.1, 0.15) is 25.6 Å². The van der Waals surface area contributed by atoms with Gasteiger partial charge in [0, 0.05) is 19.0 Å². The molecule has 0 bridgehead atoms. The van der Waals surface area contributed by atoms with E-state index >= 15 is 0 Å². The normalized spacial score (nSPS) is 10.5. The first-order chi connectivity index (χ1) is 9.26. The Hall–Kier alpha value is -1.17. The molecule has 0 fully saturated rings. The highest BCUT2D eigenvalue weighted by Gasteiger charge is 2.12. The number of rotatable bonds is 5. The molecule has 0 saturated heterocycles. The Kier molecular flexibility index (Phi) is 5.13. The number of unbranched alkanes of at least 4 members (excludes halogenated alkanes) is 1. The topological polar surface area (TPSA) is 37.8 Å². The molecule has 100 valence electrons. The predicted molar refractivity (Wildman–Crippen MR) is 88.3 cm³/mol. The van der Waals surface area contributed by atoms with E-state index in [0.717, 1.165) is 45.7 Å². The maximum Gasteiger partial charge on any atom is 0.143 e. The zero-order valence-electron chi connectivity index (χ0n) is 11.3. The molecule has 0 saturated carbocycles. The Morgan fingerprint density at radius 3 is 2.53 bits per heavy atom. The van der Waals surface area contributed by atoms with Crippen LogP contribution in [0.4, 0.5) is 5.82 Å². The van der Waals surface area contributed by atoms with Crippen LogP contribution in [0.25, 0.3) is 11.3 Å². The second kappa shape index (κ2) is 6.84. The zero-order chi connectivity index (χ0) is 13.7. The van der Waals surface area contributed by atoms with E-state index in [1.54, 1.807) is 0 Å². The number of hydrogen-bond acceptors (Lipinski definition) is 3. The van der Waals surface area contributed by atoms with Gasteiger partial charge in [-0.1, -0.05) is 43.7 Å². The molecule has 0 spiro atoms. The molecule has 1 aromatic heterocycles. The highest BCUT2D eigenvalue weighted by Crippen LogP contribution is 2.28. The fraction of sp³-hybridized carbons (Fsp3) is 0.333. The van der Waals surface area contributed by atoms with Crippen molar-refractivity contribution in [2.45, 2.75) is 26.2 Å². The van der Waals surface area contributed by atoms with Gasteiger partial charge in [-0.3, -0.25) is 0 Å². The fourth-order valence-electron chi connectivity index (χ4n) is 1.89. The number of hydrogen-bond donors (Lipinski definition) is 1. The molecule has 1 heterocycles. The zero-order valence-corrected chi connectivity index (χ0v) is 13.4. The Bertz CT molecular complexity index is 541. The lowest BCUT2D eigenvalue weighted by Gasteiger charge is -2.11. The lowest BCUT2D eigenvalue weighted by Crippen LogP contribution is -2.05. The standard InChI is InChI=1S/C15H18IN3/c1-3-4-10-12-18-14(11-8-6-5-7-9-11)13(16)15(17-2)19-12/h5-9H,3-4,10H2,1-2H3,(H,17,18,19). The maximum atomic E-state index is 4.73. The molecule has 1 N–H and O–H groups in total. The van der Waals surface area contributed by atoms with Gasteiger partial charge in [0.2, 0.25) is 0 Å². The molecule has 0 unspecified atom stereocenters. The van der Waals surface area contributed by atoms with Crippen LogP contribution >= 0.6 is 22.6 Å². The molecule has 0 atom stereocenters. The Morgan fingerprint density at radius 1 is 1.16 bits per heavy atom. The van der Waals surface area contributed by atoms with E-state index in [0.29, 0.717) is 0 Å². The molecule has 0 amide bonds. The summed E-state index contributed by atoms with van der Waals surface area (Å²) in [5.41, 5.74) is 2.16. The summed E-state index contributed by atoms with van der Waals surface area (Å²) in [6.45, 7) is 2.18. The summed E-state index contributed by atoms with van der Waals surface area (Å²) < 4.78 is 1.08. The van der Waals surface area contributed by atoms with Crippen LogP contribution in [0.2, 0.25) is 0 Å². The van der Waals surface area contributed by atoms with Crippen molar-refractivity contribution in [3.63, 3.8) is 0 Å². The maximum absolute atomic E-state index is 4.73. The molecule has 0 aliphatic carbocycles. The third-order valence-electron chi connectivity index (χ3n) is 2.94. The molecule has 4 heteroatoms. The summed E-state index contributed by atoms with van der Waals surface area (Å²) in [6, 6.07) is 10.3. The Labute approximate surface area is 128 Å². The molecule has 0 radical (unpaired) electrons. The van der Waals surface area contributed by atoms with Crippen molar-refractivity contribution in [2.24, 2.45) is 0 Å². The highest BCUT2D eigenvalue weighted by molar-refractivity contribution is 14.1. The van der Waals surface area contributed by atoms with E-state index in [2.05, 4.69) is 51.9 Å². The van der Waals surface area contributed by atoms with E-state index < -0.39 is 0 Å². The van der Waals surface area contributed by atoms with Crippen LogP contribution in [0.5, 0.6) is 0 Å². The minimum Gasteiger partial charge on any atom is -0.372 e. The van der Waals surface area contributed by atoms with Gasteiger partial charge in [-0.05, 0) is 29.0 Å². The van der Waals surface area contributed by atoms with E-state index in [-0.39, 0.29) is 0 Å². The van der Waals surface area contributed by atoms with Crippen LogP contribution in [0.15, 0.2) is 30.3 Å². The number of aryl methyl sites for hydroxylation is 1. The van der Waals surface area contributed by atoms with E-state index in [9.17, 15) is 0 Å². The summed E-state index contributed by atoms with van der Waals surface area (Å²) in [5.74, 6) is 1.84. The van der Waals surface area contributed by atoms with Gasteiger partial charge in [-0.15, -0.1) is 0 Å². The Morgan fingerprint density at radius 2 is 1.89 bits per heavy atom. The first-order valence-corrected chi connectivity index (χ1v) is 7.63. The molecular formula is C15H18IN3. The SMILES string of the molecule is CCCCc1nc(NC)c(I)c(-c2ccccc2)n1. The van der Waals surface area contributed by atoms with Gasteiger partial charge in [0.1, 0.15) is 11.6 Å². The molecule has 2 aromatic rings. The molecule has 1 aromatic carbocycles. The molecule has 19 heavy (non-hydrogen) atoms. The number of halogens is 1. The average Bonchev–Trinajstić information content (AvgIpc) is 2.47. The molecule has 2 rings (SSSR count). The van der Waals surface area contributed by atoms with Crippen molar-refractivity contribution in [1.82, 2.24) is 9.97 Å². The molecule has 0 aliphatic heterocycles. The number of aromatic nitrogens is 2. The average molecular weight is 367 g/mol. The lowest BCUT2D eigenvalue weighted by atomic mass is 10.1. The second-order valence-corrected chi connectivity index (χ2v) is 5.45. The number of nitrogens with one attached hydrogen (secondary N) is 1. The van der Waals surface area contributed by atoms with E-state index in [1.165, 1.54) is 0 Å². The van der Waals surface area contributed by atoms with Crippen molar-refractivity contribution in [3.8, 4) is 11.3 Å². The smallest absolute Gasteiger partial charge is 0.143 e. The van der Waals surface area contributed by atoms with E-state index in [4.69, 9.17) is 4.98 Å². The predicted octanol–water partition coefficient (Wildman–Crippen LogP) is 4.13. The van der Waals surface area contributed by atoms with Crippen molar-refractivity contribution in [1.29, 1.82) is 0 Å². The summed E-state index contributed by atoms with van der Waals surface area (Å²) >= 11 is 2.31. The lowest BCUT2D eigenvalue weighted by molar-refractivity contribution is 0.753. The quantitative estimate of drug-likeness (QED) is 0.808. The third-order valence-corrected chi connectivity index (χ3v) is 3.96. The van der Waals surface area contributed by atoms with Crippen molar-refractivity contribution in [2.75, 3.05) is 12.4 Å². The number of nitrogens with zero attached hydrogens (tertiary/aromatic N) is 2. The Balaban J connectivity index is 2.46. The van der Waals surface area contributed by atoms with Gasteiger partial charge < -0.3 is 5.32 Å². The summed E-state index contributed by atoms with van der Waals surface area (Å²) in [7, 11) is 1.91. The van der Waals surface area contributed by atoms with Crippen LogP contribution in [-0.2, 0) is 6.42 Å². The monoisotopic (exact) mass is 367 g/mol. The van der Waals surface area contributed by atoms with Crippen LogP contribution in [-0.4, -0.2) is 17.0 Å². The minimum atomic E-state index is 0.917. The van der Waals surface area contributed by atoms with Crippen LogP contribution in [0.3, 0.4) is 0 Å². The van der Waals surface area contributed by atoms with Crippen LogP contribution < -0.4 is 5.32 Å². The van der Waals surface area contributed by atoms with Gasteiger partial charge >= 0.3 is 0 Å². The minimum absolute atomic E-state index is 0.917. The summed E-state index contributed by atoms with van der Waals surface area (Å²) in [4.78, 5) is 9.31. The first kappa shape index (κ1) is 14.2. The number of benzene rings is 1. The fourth-order valence-corrected chi connectivity index (χ4v) is 2.72. The van der Waals surface area contributed by atoms with Gasteiger partial charge in [0.15, 0.2) is 0 Å². The van der Waals surface area contributed by atoms with Gasteiger partial charge in [0.05, 0.1) is 9.26 Å². The first-order valence-electron chi connectivity index (χ1n) is 6.55. The van der Waals surface area contributed by atoms with Crippen molar-refractivity contribution < 1.29 is 0 Å². The van der Waals surface area contributed by atoms with Crippen molar-refractivity contribution in [3.05, 3.63) is 39.7 Å². The van der Waals surface area contributed by atoms with Crippen LogP contribution in [0, 0.1) is 3.57 Å². The third kappa shape index (κ3) is 3.43. The summed E-state index contributed by atoms with van der Waals surface area (Å²) in [5, 5.41) is 3.16. The van der Waals surface area contributed by atoms with Gasteiger partial charge in [-0.2, -0.15) is 0 Å². The van der Waals surface area contributed by atoms with E-state index in [1.807, 2.05) is 25.2 Å². The number of anilines is 1. The van der Waals surface area contributed by atoms with Gasteiger partial charge in [0.25, 0.3) is 0 Å². The van der Waals surface area contributed by atoms with Crippen molar-refractivity contribution >= 4 is 28.4 Å². The van der Waals surface area contributed by atoms with Gasteiger partial charge in [-0.25, -0.2) is 9.97 Å². The molecule has 3 nitrogen and oxygen atoms in total. The highest BCUT2D eigenvalue weighted by atomic mass is 127. The summed E-state index contributed by atoms with van der Waals surface area (Å²) in [6.07, 6.45) is 3.21. The second-order valence-electron chi connectivity index (χ2n) is 4.37. The molecule has 0 aliphatic rings.